The van der Waals surface area contributed by atoms with Crippen LogP contribution < -0.4 is 16.0 Å². The van der Waals surface area contributed by atoms with Gasteiger partial charge in [-0.25, -0.2) is 0 Å². The largest absolute Gasteiger partial charge is 0.356 e. The average Bonchev–Trinajstić information content (AvgIpc) is 2.99. The molecule has 0 aromatic heterocycles. The number of rotatable bonds is 16. The third-order valence-electron chi connectivity index (χ3n) is 4.54. The maximum atomic E-state index is 11.7. The van der Waals surface area contributed by atoms with Crippen molar-refractivity contribution in [3.8, 4) is 0 Å². The van der Waals surface area contributed by atoms with Crippen molar-refractivity contribution in [2.75, 3.05) is 33.2 Å². The van der Waals surface area contributed by atoms with Gasteiger partial charge >= 0.3 is 0 Å². The van der Waals surface area contributed by atoms with Crippen LogP contribution in [-0.2, 0) is 19.2 Å². The molecular formula is C20H34N4O4. The fraction of sp³-hybridized carbons (Fsp3) is 0.700. The van der Waals surface area contributed by atoms with E-state index in [1.165, 1.54) is 25.0 Å². The highest BCUT2D eigenvalue weighted by Crippen LogP contribution is 2.04. The zero-order valence-electron chi connectivity index (χ0n) is 16.9. The van der Waals surface area contributed by atoms with Crippen LogP contribution in [0.3, 0.4) is 0 Å². The number of imide groups is 1. The Morgan fingerprint density at radius 2 is 1.25 bits per heavy atom. The van der Waals surface area contributed by atoms with Gasteiger partial charge < -0.3 is 16.0 Å². The van der Waals surface area contributed by atoms with Gasteiger partial charge in [-0.05, 0) is 39.3 Å². The molecule has 8 nitrogen and oxygen atoms in total. The summed E-state index contributed by atoms with van der Waals surface area (Å²) in [7, 11) is 1.95. The van der Waals surface area contributed by atoms with Crippen LogP contribution in [0.1, 0.15) is 57.8 Å². The number of carbonyl (C=O) groups is 4. The number of nitrogens with zero attached hydrogens (tertiary/aromatic N) is 1. The lowest BCUT2D eigenvalue weighted by atomic mass is 10.1. The number of carbonyl (C=O) groups excluding carboxylic acids is 4. The van der Waals surface area contributed by atoms with Gasteiger partial charge in [0.1, 0.15) is 0 Å². The first-order valence-electron chi connectivity index (χ1n) is 10.3. The topological polar surface area (TPSA) is 108 Å². The molecule has 0 saturated carbocycles. The molecule has 0 aliphatic carbocycles. The molecule has 0 fully saturated rings. The summed E-state index contributed by atoms with van der Waals surface area (Å²) < 4.78 is 0. The van der Waals surface area contributed by atoms with Crippen LogP contribution in [0.4, 0.5) is 0 Å². The van der Waals surface area contributed by atoms with E-state index in [0.29, 0.717) is 13.0 Å². The maximum Gasteiger partial charge on any atom is 0.253 e. The van der Waals surface area contributed by atoms with Crippen molar-refractivity contribution in [1.29, 1.82) is 0 Å². The van der Waals surface area contributed by atoms with E-state index in [-0.39, 0.29) is 36.6 Å². The second-order valence-electron chi connectivity index (χ2n) is 6.94. The third-order valence-corrected chi connectivity index (χ3v) is 4.54. The van der Waals surface area contributed by atoms with Gasteiger partial charge in [-0.2, -0.15) is 0 Å². The molecule has 1 heterocycles. The van der Waals surface area contributed by atoms with Gasteiger partial charge in [0.2, 0.25) is 11.8 Å². The predicted octanol–water partition coefficient (Wildman–Crippen LogP) is 0.874. The summed E-state index contributed by atoms with van der Waals surface area (Å²) in [6.07, 6.45) is 10.0. The van der Waals surface area contributed by atoms with Gasteiger partial charge in [-0.3, -0.25) is 24.1 Å². The van der Waals surface area contributed by atoms with Gasteiger partial charge in [0.25, 0.3) is 11.8 Å². The molecule has 1 aliphatic heterocycles. The van der Waals surface area contributed by atoms with Crippen LogP contribution in [0, 0.1) is 0 Å². The van der Waals surface area contributed by atoms with Crippen molar-refractivity contribution >= 4 is 23.6 Å². The Hall–Kier alpha value is -2.22. The monoisotopic (exact) mass is 394 g/mol. The Balaban J connectivity index is 1.90. The van der Waals surface area contributed by atoms with E-state index in [0.717, 1.165) is 50.1 Å². The molecular weight excluding hydrogens is 360 g/mol. The normalized spacial score (nSPS) is 13.2. The van der Waals surface area contributed by atoms with E-state index in [2.05, 4.69) is 16.0 Å². The quantitative estimate of drug-likeness (QED) is 0.266. The summed E-state index contributed by atoms with van der Waals surface area (Å²) in [5, 5.41) is 8.84. The van der Waals surface area contributed by atoms with Crippen LogP contribution in [0.2, 0.25) is 0 Å². The van der Waals surface area contributed by atoms with Gasteiger partial charge in [0.05, 0.1) is 0 Å². The number of nitrogens with one attached hydrogen (secondary N) is 3. The Labute approximate surface area is 167 Å². The number of unbranched alkanes of at least 4 members (excludes halogenated alkanes) is 5. The molecule has 0 spiro atoms. The standard InChI is InChI=1S/C20H34N4O4/c1-21-13-6-2-3-7-14-22-17(25)9-5-4-8-15-23-18(26)12-16-24-19(27)10-11-20(24)28/h10-11,21H,2-9,12-16H2,1H3,(H,22,25)(H,23,26). The summed E-state index contributed by atoms with van der Waals surface area (Å²) in [5.41, 5.74) is 0. The summed E-state index contributed by atoms with van der Waals surface area (Å²) in [4.78, 5) is 47.3. The van der Waals surface area contributed by atoms with Crippen molar-refractivity contribution in [2.24, 2.45) is 0 Å². The molecule has 0 bridgehead atoms. The first-order chi connectivity index (χ1) is 13.5. The van der Waals surface area contributed by atoms with Crippen LogP contribution in [0.15, 0.2) is 12.2 Å². The lowest BCUT2D eigenvalue weighted by Crippen LogP contribution is -2.34. The van der Waals surface area contributed by atoms with E-state index in [4.69, 9.17) is 0 Å². The predicted molar refractivity (Wildman–Crippen MR) is 107 cm³/mol. The highest BCUT2D eigenvalue weighted by molar-refractivity contribution is 6.13. The van der Waals surface area contributed by atoms with E-state index in [9.17, 15) is 19.2 Å². The summed E-state index contributed by atoms with van der Waals surface area (Å²) in [6, 6.07) is 0. The van der Waals surface area contributed by atoms with E-state index in [1.807, 2.05) is 7.05 Å². The second-order valence-corrected chi connectivity index (χ2v) is 6.94. The Bertz CT molecular complexity index is 530. The van der Waals surface area contributed by atoms with Crippen molar-refractivity contribution in [3.63, 3.8) is 0 Å². The first kappa shape index (κ1) is 23.8. The SMILES string of the molecule is CNCCCCCCNC(=O)CCCCCNC(=O)CCN1C(=O)C=CC1=O. The van der Waals surface area contributed by atoms with Gasteiger partial charge in [0.15, 0.2) is 0 Å². The minimum absolute atomic E-state index is 0.0906. The van der Waals surface area contributed by atoms with E-state index >= 15 is 0 Å². The molecule has 158 valence electrons. The molecule has 0 saturated heterocycles. The summed E-state index contributed by atoms with van der Waals surface area (Å²) in [6.45, 7) is 2.42. The Morgan fingerprint density at radius 1 is 0.750 bits per heavy atom. The lowest BCUT2D eigenvalue weighted by Gasteiger charge is -2.13. The molecule has 0 aromatic rings. The van der Waals surface area contributed by atoms with Crippen molar-refractivity contribution in [1.82, 2.24) is 20.9 Å². The fourth-order valence-electron chi connectivity index (χ4n) is 2.86. The second kappa shape index (κ2) is 14.8. The minimum atomic E-state index is -0.370. The number of amides is 4. The fourth-order valence-corrected chi connectivity index (χ4v) is 2.86. The Kier molecular flexibility index (Phi) is 12.6. The molecule has 4 amide bonds. The number of hydrogen-bond donors (Lipinski definition) is 3. The van der Waals surface area contributed by atoms with Gasteiger partial charge in [-0.1, -0.05) is 19.3 Å². The van der Waals surface area contributed by atoms with Crippen molar-refractivity contribution in [2.45, 2.75) is 57.8 Å². The van der Waals surface area contributed by atoms with Crippen LogP contribution in [-0.4, -0.2) is 61.8 Å². The minimum Gasteiger partial charge on any atom is -0.356 e. The molecule has 3 N–H and O–H groups in total. The average molecular weight is 395 g/mol. The zero-order valence-corrected chi connectivity index (χ0v) is 16.9. The molecule has 8 heteroatoms. The highest BCUT2D eigenvalue weighted by atomic mass is 16.2. The molecule has 28 heavy (non-hydrogen) atoms. The molecule has 0 atom stereocenters. The van der Waals surface area contributed by atoms with Crippen LogP contribution >= 0.6 is 0 Å². The van der Waals surface area contributed by atoms with Crippen molar-refractivity contribution < 1.29 is 19.2 Å². The zero-order chi connectivity index (χ0) is 20.6. The third kappa shape index (κ3) is 10.8. The summed E-state index contributed by atoms with van der Waals surface area (Å²) >= 11 is 0. The van der Waals surface area contributed by atoms with Crippen LogP contribution in [0.5, 0.6) is 0 Å². The lowest BCUT2D eigenvalue weighted by molar-refractivity contribution is -0.137. The van der Waals surface area contributed by atoms with Crippen molar-refractivity contribution in [3.05, 3.63) is 12.2 Å². The molecule has 0 aromatic carbocycles. The molecule has 0 unspecified atom stereocenters. The smallest absolute Gasteiger partial charge is 0.253 e. The first-order valence-corrected chi connectivity index (χ1v) is 10.3. The van der Waals surface area contributed by atoms with Crippen LogP contribution in [0.25, 0.3) is 0 Å². The highest BCUT2D eigenvalue weighted by Gasteiger charge is 2.23. The van der Waals surface area contributed by atoms with E-state index < -0.39 is 0 Å². The number of hydrogen-bond acceptors (Lipinski definition) is 5. The van der Waals surface area contributed by atoms with Gasteiger partial charge in [-0.15, -0.1) is 0 Å². The summed E-state index contributed by atoms with van der Waals surface area (Å²) in [5.74, 6) is -0.831. The van der Waals surface area contributed by atoms with Gasteiger partial charge in [0, 0.05) is 44.6 Å². The molecule has 1 rings (SSSR count). The Morgan fingerprint density at radius 3 is 1.82 bits per heavy atom. The molecule has 0 radical (unpaired) electrons. The van der Waals surface area contributed by atoms with E-state index in [1.54, 1.807) is 0 Å². The molecule has 1 aliphatic rings. The maximum absolute atomic E-state index is 11.7.